The monoisotopic (exact) mass is 585 g/mol. The van der Waals surface area contributed by atoms with Gasteiger partial charge in [-0.3, -0.25) is 13.9 Å². The first-order valence-corrected chi connectivity index (χ1v) is 14.5. The molecule has 0 spiro atoms. The van der Waals surface area contributed by atoms with Gasteiger partial charge in [0.25, 0.3) is 10.0 Å². The van der Waals surface area contributed by atoms with Gasteiger partial charge >= 0.3 is 0 Å². The second kappa shape index (κ2) is 10.5. The molecule has 9 heteroatoms. The molecular formula is C28H32BrN3O4S. The molecule has 37 heavy (non-hydrogen) atoms. The van der Waals surface area contributed by atoms with E-state index in [2.05, 4.69) is 21.2 Å². The van der Waals surface area contributed by atoms with E-state index in [1.54, 1.807) is 30.0 Å². The van der Waals surface area contributed by atoms with E-state index in [0.717, 1.165) is 20.8 Å². The molecule has 0 bridgehead atoms. The molecule has 0 fully saturated rings. The normalized spacial score (nSPS) is 15.0. The van der Waals surface area contributed by atoms with Crippen molar-refractivity contribution >= 4 is 54.2 Å². The summed E-state index contributed by atoms with van der Waals surface area (Å²) in [4.78, 5) is 28.3. The van der Waals surface area contributed by atoms with Crippen LogP contribution in [-0.2, 0) is 26.2 Å². The lowest BCUT2D eigenvalue weighted by Crippen LogP contribution is -2.52. The Hall–Kier alpha value is -2.91. The summed E-state index contributed by atoms with van der Waals surface area (Å²) in [6.45, 7) is 7.85. The smallest absolute Gasteiger partial charge is 0.265 e. The molecule has 1 N–H and O–H groups in total. The summed E-state index contributed by atoms with van der Waals surface area (Å²) in [6, 6.07) is 17.7. The Kier molecular flexibility index (Phi) is 7.67. The predicted octanol–water partition coefficient (Wildman–Crippen LogP) is 5.22. The number of carbonyl (C=O) groups is 2. The SMILES string of the molecule is C[C@H](C(=O)NC(C)(C)C)N(Cc1cccc(Br)c1)C(=O)CCCN1c2cccc3cccc(c23)S1(=O)=O. The van der Waals surface area contributed by atoms with Crippen LogP contribution in [0, 0.1) is 0 Å². The van der Waals surface area contributed by atoms with Crippen LogP contribution in [0.4, 0.5) is 5.69 Å². The largest absolute Gasteiger partial charge is 0.350 e. The number of carbonyl (C=O) groups excluding carboxylic acids is 2. The molecule has 0 aliphatic carbocycles. The van der Waals surface area contributed by atoms with Crippen LogP contribution in [0.15, 0.2) is 70.0 Å². The Morgan fingerprint density at radius 1 is 1.05 bits per heavy atom. The molecule has 0 aromatic heterocycles. The van der Waals surface area contributed by atoms with Gasteiger partial charge in [0, 0.05) is 34.9 Å². The maximum Gasteiger partial charge on any atom is 0.265 e. The summed E-state index contributed by atoms with van der Waals surface area (Å²) in [7, 11) is -3.68. The fraction of sp³-hybridized carbons (Fsp3) is 0.357. The first-order valence-electron chi connectivity index (χ1n) is 12.3. The lowest BCUT2D eigenvalue weighted by Gasteiger charge is -2.31. The van der Waals surface area contributed by atoms with Crippen LogP contribution in [-0.4, -0.2) is 43.3 Å². The van der Waals surface area contributed by atoms with Gasteiger partial charge in [-0.25, -0.2) is 8.42 Å². The Balaban J connectivity index is 1.51. The first kappa shape index (κ1) is 27.1. The van der Waals surface area contributed by atoms with Crippen molar-refractivity contribution in [3.05, 3.63) is 70.7 Å². The highest BCUT2D eigenvalue weighted by Crippen LogP contribution is 2.42. The van der Waals surface area contributed by atoms with Gasteiger partial charge < -0.3 is 10.2 Å². The molecule has 196 valence electrons. The van der Waals surface area contributed by atoms with Crippen molar-refractivity contribution in [2.75, 3.05) is 10.8 Å². The Morgan fingerprint density at radius 2 is 1.73 bits per heavy atom. The van der Waals surface area contributed by atoms with Gasteiger partial charge in [-0.15, -0.1) is 0 Å². The molecular weight excluding hydrogens is 554 g/mol. The number of amides is 2. The van der Waals surface area contributed by atoms with E-state index >= 15 is 0 Å². The Bertz CT molecular complexity index is 1440. The van der Waals surface area contributed by atoms with Crippen LogP contribution in [0.3, 0.4) is 0 Å². The third kappa shape index (κ3) is 5.83. The molecule has 1 aliphatic rings. The summed E-state index contributed by atoms with van der Waals surface area (Å²) in [5.41, 5.74) is 1.10. The number of anilines is 1. The summed E-state index contributed by atoms with van der Waals surface area (Å²) >= 11 is 3.46. The van der Waals surface area contributed by atoms with Crippen molar-refractivity contribution in [2.24, 2.45) is 0 Å². The molecule has 4 rings (SSSR count). The van der Waals surface area contributed by atoms with Crippen LogP contribution in [0.2, 0.25) is 0 Å². The zero-order valence-corrected chi connectivity index (χ0v) is 23.9. The fourth-order valence-electron chi connectivity index (χ4n) is 4.61. The molecule has 0 saturated carbocycles. The number of nitrogens with zero attached hydrogens (tertiary/aromatic N) is 2. The number of benzene rings is 3. The summed E-state index contributed by atoms with van der Waals surface area (Å²) in [6.07, 6.45) is 0.435. The average Bonchev–Trinajstić information content (AvgIpc) is 3.04. The molecule has 0 unspecified atom stereocenters. The molecule has 0 saturated heterocycles. The number of nitrogens with one attached hydrogen (secondary N) is 1. The van der Waals surface area contributed by atoms with E-state index in [4.69, 9.17) is 0 Å². The Morgan fingerprint density at radius 3 is 2.41 bits per heavy atom. The van der Waals surface area contributed by atoms with Gasteiger partial charge in [0.1, 0.15) is 6.04 Å². The van der Waals surface area contributed by atoms with Crippen LogP contribution in [0.1, 0.15) is 46.1 Å². The highest BCUT2D eigenvalue weighted by molar-refractivity contribution is 9.10. The third-order valence-electron chi connectivity index (χ3n) is 6.34. The minimum Gasteiger partial charge on any atom is -0.350 e. The minimum absolute atomic E-state index is 0.111. The second-order valence-electron chi connectivity index (χ2n) is 10.4. The van der Waals surface area contributed by atoms with E-state index in [1.807, 2.05) is 63.2 Å². The third-order valence-corrected chi connectivity index (χ3v) is 8.69. The van der Waals surface area contributed by atoms with E-state index in [9.17, 15) is 18.0 Å². The lowest BCUT2D eigenvalue weighted by molar-refractivity contribution is -0.141. The summed E-state index contributed by atoms with van der Waals surface area (Å²) in [5, 5.41) is 4.55. The van der Waals surface area contributed by atoms with Crippen molar-refractivity contribution in [1.29, 1.82) is 0 Å². The quantitative estimate of drug-likeness (QED) is 0.392. The second-order valence-corrected chi connectivity index (χ2v) is 13.1. The number of halogens is 1. The van der Waals surface area contributed by atoms with Gasteiger partial charge in [-0.2, -0.15) is 0 Å². The van der Waals surface area contributed by atoms with Gasteiger partial charge in [0.05, 0.1) is 10.6 Å². The van der Waals surface area contributed by atoms with E-state index in [0.29, 0.717) is 17.0 Å². The van der Waals surface area contributed by atoms with Gasteiger partial charge in [0.2, 0.25) is 11.8 Å². The van der Waals surface area contributed by atoms with Crippen molar-refractivity contribution in [2.45, 2.75) is 63.6 Å². The molecule has 1 atom stereocenters. The molecule has 1 heterocycles. The molecule has 3 aromatic rings. The van der Waals surface area contributed by atoms with Crippen LogP contribution < -0.4 is 9.62 Å². The van der Waals surface area contributed by atoms with Gasteiger partial charge in [-0.1, -0.05) is 52.3 Å². The number of rotatable bonds is 8. The van der Waals surface area contributed by atoms with E-state index in [-0.39, 0.29) is 31.3 Å². The molecule has 0 radical (unpaired) electrons. The maximum absolute atomic E-state index is 13.5. The predicted molar refractivity (Wildman–Crippen MR) is 150 cm³/mol. The number of sulfonamides is 1. The molecule has 7 nitrogen and oxygen atoms in total. The average molecular weight is 587 g/mol. The summed E-state index contributed by atoms with van der Waals surface area (Å²) < 4.78 is 28.8. The lowest BCUT2D eigenvalue weighted by atomic mass is 10.1. The van der Waals surface area contributed by atoms with Gasteiger partial charge in [0.15, 0.2) is 0 Å². The van der Waals surface area contributed by atoms with E-state index in [1.165, 1.54) is 4.31 Å². The zero-order chi connectivity index (χ0) is 27.0. The van der Waals surface area contributed by atoms with Gasteiger partial charge in [-0.05, 0) is 69.3 Å². The number of hydrogen-bond donors (Lipinski definition) is 1. The van der Waals surface area contributed by atoms with Crippen molar-refractivity contribution in [3.63, 3.8) is 0 Å². The first-order chi connectivity index (χ1) is 17.4. The fourth-order valence-corrected chi connectivity index (χ4v) is 6.80. The molecule has 2 amide bonds. The zero-order valence-electron chi connectivity index (χ0n) is 21.5. The summed E-state index contributed by atoms with van der Waals surface area (Å²) in [5.74, 6) is -0.441. The topological polar surface area (TPSA) is 86.8 Å². The molecule has 1 aliphatic heterocycles. The van der Waals surface area contributed by atoms with Crippen molar-refractivity contribution in [3.8, 4) is 0 Å². The van der Waals surface area contributed by atoms with Crippen LogP contribution >= 0.6 is 15.9 Å². The highest BCUT2D eigenvalue weighted by Gasteiger charge is 2.35. The Labute approximate surface area is 227 Å². The highest BCUT2D eigenvalue weighted by atomic mass is 79.9. The minimum atomic E-state index is -3.68. The van der Waals surface area contributed by atoms with Crippen molar-refractivity contribution < 1.29 is 18.0 Å². The standard InChI is InChI=1S/C28H32BrN3O4S/c1-19(27(34)30-28(2,3)4)31(18-20-9-5-12-22(29)17-20)25(33)15-8-16-32-23-13-6-10-21-11-7-14-24(26(21)23)37(32,35)36/h5-7,9-14,17,19H,8,15-16,18H2,1-4H3,(H,30,34)/t19-/m1/s1. The van der Waals surface area contributed by atoms with Crippen LogP contribution in [0.5, 0.6) is 0 Å². The molecule has 3 aromatic carbocycles. The van der Waals surface area contributed by atoms with Crippen molar-refractivity contribution in [1.82, 2.24) is 10.2 Å². The number of hydrogen-bond acceptors (Lipinski definition) is 4. The van der Waals surface area contributed by atoms with Crippen LogP contribution in [0.25, 0.3) is 10.8 Å². The maximum atomic E-state index is 13.5. The van der Waals surface area contributed by atoms with E-state index < -0.39 is 21.6 Å².